The summed E-state index contributed by atoms with van der Waals surface area (Å²) in [5, 5.41) is 15.5. The summed E-state index contributed by atoms with van der Waals surface area (Å²) in [7, 11) is 0. The van der Waals surface area contributed by atoms with Crippen LogP contribution in [0.5, 0.6) is 0 Å². The number of aliphatic hydroxyl groups excluding tert-OH is 1. The fraction of sp³-hybridized carbons (Fsp3) is 0.158. The molecule has 0 atom stereocenters. The van der Waals surface area contributed by atoms with Gasteiger partial charge in [-0.25, -0.2) is 4.98 Å². The Balaban J connectivity index is 1.72. The van der Waals surface area contributed by atoms with Crippen LogP contribution in [0.1, 0.15) is 5.56 Å². The van der Waals surface area contributed by atoms with E-state index in [9.17, 15) is 0 Å². The standard InChI is InChI=1S/C19H19N7O/c27-10-9-21-17-16-18(26(13-23-16)15-6-2-1-3-7-15)25-19(24-17)22-12-14-5-4-8-20-11-14/h1-8,11,13,27H,9-10,12H2,(H2,21,22,24,25). The molecule has 0 bridgehead atoms. The van der Waals surface area contributed by atoms with E-state index >= 15 is 0 Å². The zero-order chi connectivity index (χ0) is 18.5. The SMILES string of the molecule is OCCNc1nc(NCc2cccnc2)nc2c1ncn2-c1ccccc1. The largest absolute Gasteiger partial charge is 0.395 e. The lowest BCUT2D eigenvalue weighted by molar-refractivity contribution is 0.311. The average molecular weight is 361 g/mol. The molecule has 0 amide bonds. The molecule has 3 aromatic heterocycles. The summed E-state index contributed by atoms with van der Waals surface area (Å²) in [4.78, 5) is 17.7. The van der Waals surface area contributed by atoms with Gasteiger partial charge in [-0.2, -0.15) is 9.97 Å². The van der Waals surface area contributed by atoms with E-state index in [1.165, 1.54) is 0 Å². The molecule has 0 aliphatic carbocycles. The second-order valence-corrected chi connectivity index (χ2v) is 5.88. The van der Waals surface area contributed by atoms with Crippen molar-refractivity contribution in [3.05, 3.63) is 66.7 Å². The van der Waals surface area contributed by atoms with E-state index in [4.69, 9.17) is 5.11 Å². The Labute approximate surface area is 156 Å². The number of para-hydroxylation sites is 1. The number of nitrogens with one attached hydrogen (secondary N) is 2. The highest BCUT2D eigenvalue weighted by atomic mass is 16.3. The molecule has 0 saturated carbocycles. The number of nitrogens with zero attached hydrogens (tertiary/aromatic N) is 5. The smallest absolute Gasteiger partial charge is 0.227 e. The maximum Gasteiger partial charge on any atom is 0.227 e. The van der Waals surface area contributed by atoms with Gasteiger partial charge in [0.05, 0.1) is 6.61 Å². The van der Waals surface area contributed by atoms with Gasteiger partial charge in [0.1, 0.15) is 6.33 Å². The van der Waals surface area contributed by atoms with Crippen molar-refractivity contribution >= 4 is 22.9 Å². The molecule has 0 unspecified atom stereocenters. The molecule has 3 heterocycles. The van der Waals surface area contributed by atoms with Crippen molar-refractivity contribution in [2.24, 2.45) is 0 Å². The molecule has 0 aliphatic heterocycles. The third-order valence-electron chi connectivity index (χ3n) is 4.01. The Morgan fingerprint density at radius 1 is 1.00 bits per heavy atom. The molecule has 0 saturated heterocycles. The molecule has 0 radical (unpaired) electrons. The molecule has 8 heteroatoms. The van der Waals surface area contributed by atoms with Crippen molar-refractivity contribution in [2.45, 2.75) is 6.54 Å². The van der Waals surface area contributed by atoms with Crippen molar-refractivity contribution in [3.8, 4) is 5.69 Å². The molecule has 4 rings (SSSR count). The van der Waals surface area contributed by atoms with Gasteiger partial charge in [0.15, 0.2) is 17.0 Å². The minimum Gasteiger partial charge on any atom is -0.395 e. The number of hydrogen-bond donors (Lipinski definition) is 3. The quantitative estimate of drug-likeness (QED) is 0.464. The molecule has 0 aliphatic rings. The van der Waals surface area contributed by atoms with E-state index in [1.54, 1.807) is 18.7 Å². The van der Waals surface area contributed by atoms with Gasteiger partial charge in [0.25, 0.3) is 0 Å². The fourth-order valence-corrected chi connectivity index (χ4v) is 2.74. The minimum absolute atomic E-state index is 0.00331. The first kappa shape index (κ1) is 16.9. The summed E-state index contributed by atoms with van der Waals surface area (Å²) in [6.07, 6.45) is 5.26. The molecular weight excluding hydrogens is 342 g/mol. The van der Waals surface area contributed by atoms with Crippen molar-refractivity contribution in [1.29, 1.82) is 0 Å². The van der Waals surface area contributed by atoms with Crippen LogP contribution in [0.2, 0.25) is 0 Å². The van der Waals surface area contributed by atoms with Gasteiger partial charge in [-0.3, -0.25) is 9.55 Å². The highest BCUT2D eigenvalue weighted by Crippen LogP contribution is 2.23. The number of imidazole rings is 1. The fourth-order valence-electron chi connectivity index (χ4n) is 2.74. The summed E-state index contributed by atoms with van der Waals surface area (Å²) in [5.74, 6) is 1.06. The molecule has 0 spiro atoms. The number of anilines is 2. The topological polar surface area (TPSA) is 101 Å². The highest BCUT2D eigenvalue weighted by molar-refractivity contribution is 5.85. The normalized spacial score (nSPS) is 10.9. The Morgan fingerprint density at radius 2 is 1.89 bits per heavy atom. The molecule has 8 nitrogen and oxygen atoms in total. The van der Waals surface area contributed by atoms with Crippen LogP contribution in [-0.2, 0) is 6.54 Å². The number of aliphatic hydroxyl groups is 1. The lowest BCUT2D eigenvalue weighted by Crippen LogP contribution is -2.11. The van der Waals surface area contributed by atoms with Crippen molar-refractivity contribution in [3.63, 3.8) is 0 Å². The number of fused-ring (bicyclic) bond motifs is 1. The van der Waals surface area contributed by atoms with Crippen LogP contribution in [0.15, 0.2) is 61.2 Å². The molecule has 4 aromatic rings. The van der Waals surface area contributed by atoms with Crippen LogP contribution in [0.3, 0.4) is 0 Å². The third-order valence-corrected chi connectivity index (χ3v) is 4.01. The third kappa shape index (κ3) is 3.70. The van der Waals surface area contributed by atoms with Crippen LogP contribution < -0.4 is 10.6 Å². The van der Waals surface area contributed by atoms with E-state index in [0.717, 1.165) is 11.3 Å². The summed E-state index contributed by atoms with van der Waals surface area (Å²) in [5.41, 5.74) is 3.33. The van der Waals surface area contributed by atoms with Crippen LogP contribution in [-0.4, -0.2) is 42.8 Å². The Kier molecular flexibility index (Phi) is 4.88. The Bertz CT molecular complexity index is 1020. The van der Waals surface area contributed by atoms with E-state index in [1.807, 2.05) is 47.0 Å². The predicted octanol–water partition coefficient (Wildman–Crippen LogP) is 2.23. The Morgan fingerprint density at radius 3 is 2.67 bits per heavy atom. The summed E-state index contributed by atoms with van der Waals surface area (Å²) in [6.45, 7) is 0.938. The second kappa shape index (κ2) is 7.79. The summed E-state index contributed by atoms with van der Waals surface area (Å²) >= 11 is 0. The van der Waals surface area contributed by atoms with Gasteiger partial charge in [-0.15, -0.1) is 0 Å². The average Bonchev–Trinajstić information content (AvgIpc) is 3.16. The lowest BCUT2D eigenvalue weighted by Gasteiger charge is -2.10. The molecule has 136 valence electrons. The first-order valence-corrected chi connectivity index (χ1v) is 8.63. The zero-order valence-corrected chi connectivity index (χ0v) is 14.6. The van der Waals surface area contributed by atoms with E-state index < -0.39 is 0 Å². The van der Waals surface area contributed by atoms with Gasteiger partial charge in [-0.1, -0.05) is 24.3 Å². The summed E-state index contributed by atoms with van der Waals surface area (Å²) in [6, 6.07) is 13.8. The summed E-state index contributed by atoms with van der Waals surface area (Å²) < 4.78 is 1.91. The van der Waals surface area contributed by atoms with E-state index in [2.05, 4.69) is 30.6 Å². The number of rotatable bonds is 7. The van der Waals surface area contributed by atoms with Gasteiger partial charge in [0.2, 0.25) is 5.95 Å². The van der Waals surface area contributed by atoms with Crippen LogP contribution in [0.4, 0.5) is 11.8 Å². The first-order chi connectivity index (χ1) is 13.3. The monoisotopic (exact) mass is 361 g/mol. The van der Waals surface area contributed by atoms with Gasteiger partial charge in [0, 0.05) is 31.2 Å². The van der Waals surface area contributed by atoms with Crippen molar-refractivity contribution < 1.29 is 5.11 Å². The maximum atomic E-state index is 9.15. The first-order valence-electron chi connectivity index (χ1n) is 8.63. The van der Waals surface area contributed by atoms with Gasteiger partial charge >= 0.3 is 0 Å². The number of benzene rings is 1. The maximum absolute atomic E-state index is 9.15. The second-order valence-electron chi connectivity index (χ2n) is 5.88. The Hall–Kier alpha value is -3.52. The van der Waals surface area contributed by atoms with Crippen molar-refractivity contribution in [1.82, 2.24) is 24.5 Å². The molecule has 27 heavy (non-hydrogen) atoms. The highest BCUT2D eigenvalue weighted by Gasteiger charge is 2.14. The van der Waals surface area contributed by atoms with Gasteiger partial charge < -0.3 is 15.7 Å². The molecule has 3 N–H and O–H groups in total. The van der Waals surface area contributed by atoms with Crippen LogP contribution in [0, 0.1) is 0 Å². The molecule has 1 aromatic carbocycles. The number of aromatic nitrogens is 5. The van der Waals surface area contributed by atoms with Crippen LogP contribution in [0.25, 0.3) is 16.9 Å². The predicted molar refractivity (Wildman–Crippen MR) is 104 cm³/mol. The van der Waals surface area contributed by atoms with Gasteiger partial charge in [-0.05, 0) is 23.8 Å². The van der Waals surface area contributed by atoms with Crippen LogP contribution >= 0.6 is 0 Å². The van der Waals surface area contributed by atoms with E-state index in [-0.39, 0.29) is 6.61 Å². The molecule has 0 fully saturated rings. The molecular formula is C19H19N7O. The minimum atomic E-state index is 0.00331. The zero-order valence-electron chi connectivity index (χ0n) is 14.6. The number of hydrogen-bond acceptors (Lipinski definition) is 7. The number of pyridine rings is 1. The lowest BCUT2D eigenvalue weighted by atomic mass is 10.3. The van der Waals surface area contributed by atoms with Crippen molar-refractivity contribution in [2.75, 3.05) is 23.8 Å². The van der Waals surface area contributed by atoms with E-state index in [0.29, 0.717) is 36.0 Å².